The number of nitrogens with zero attached hydrogens (tertiary/aromatic N) is 2. The molecule has 0 spiro atoms. The van der Waals surface area contributed by atoms with Crippen LogP contribution in [0.1, 0.15) is 45.4 Å². The van der Waals surface area contributed by atoms with Crippen molar-refractivity contribution < 1.29 is 9.59 Å². The largest absolute Gasteiger partial charge is 0.341 e. The summed E-state index contributed by atoms with van der Waals surface area (Å²) in [5, 5.41) is 0. The van der Waals surface area contributed by atoms with E-state index < -0.39 is 5.54 Å². The van der Waals surface area contributed by atoms with E-state index in [2.05, 4.69) is 0 Å². The summed E-state index contributed by atoms with van der Waals surface area (Å²) in [6.07, 6.45) is 5.74. The van der Waals surface area contributed by atoms with E-state index in [0.717, 1.165) is 45.2 Å². The molecule has 2 rings (SSSR count). The molecule has 0 atom stereocenters. The molecule has 1 aliphatic heterocycles. The molecule has 108 valence electrons. The lowest BCUT2D eigenvalue weighted by atomic mass is 9.81. The molecule has 19 heavy (non-hydrogen) atoms. The van der Waals surface area contributed by atoms with E-state index in [1.807, 2.05) is 9.80 Å². The minimum atomic E-state index is -0.649. The van der Waals surface area contributed by atoms with Crippen LogP contribution in [0.4, 0.5) is 0 Å². The van der Waals surface area contributed by atoms with Crippen LogP contribution in [-0.4, -0.2) is 53.3 Å². The summed E-state index contributed by atoms with van der Waals surface area (Å²) in [7, 11) is 0. The lowest BCUT2D eigenvalue weighted by Crippen LogP contribution is -2.56. The minimum Gasteiger partial charge on any atom is -0.341 e. The van der Waals surface area contributed by atoms with E-state index in [4.69, 9.17) is 5.73 Å². The topological polar surface area (TPSA) is 66.6 Å². The molecular weight excluding hydrogens is 242 g/mol. The summed E-state index contributed by atoms with van der Waals surface area (Å²) in [6.45, 7) is 4.32. The number of carbonyl (C=O) groups excluding carboxylic acids is 2. The van der Waals surface area contributed by atoms with Crippen molar-refractivity contribution in [3.8, 4) is 0 Å². The summed E-state index contributed by atoms with van der Waals surface area (Å²) >= 11 is 0. The number of carbonyl (C=O) groups is 2. The highest BCUT2D eigenvalue weighted by Gasteiger charge is 2.38. The second kappa shape index (κ2) is 5.90. The van der Waals surface area contributed by atoms with Crippen LogP contribution in [0.25, 0.3) is 0 Å². The summed E-state index contributed by atoms with van der Waals surface area (Å²) < 4.78 is 0. The van der Waals surface area contributed by atoms with Gasteiger partial charge >= 0.3 is 0 Å². The van der Waals surface area contributed by atoms with Crippen LogP contribution in [-0.2, 0) is 9.59 Å². The molecule has 2 fully saturated rings. The maximum atomic E-state index is 12.6. The van der Waals surface area contributed by atoms with E-state index in [1.54, 1.807) is 6.92 Å². The Morgan fingerprint density at radius 3 is 2.11 bits per heavy atom. The fourth-order valence-corrected chi connectivity index (χ4v) is 3.15. The normalized spacial score (nSPS) is 23.9. The standard InChI is InChI=1S/C14H25N3O2/c1-12(18)16-8-5-9-17(11-10-16)13(19)14(15)6-3-2-4-7-14/h2-11,15H2,1H3. The SMILES string of the molecule is CC(=O)N1CCCN(C(=O)C2(N)CCCCC2)CC1. The second-order valence-corrected chi connectivity index (χ2v) is 5.87. The Morgan fingerprint density at radius 1 is 0.895 bits per heavy atom. The van der Waals surface area contributed by atoms with Crippen LogP contribution < -0.4 is 5.73 Å². The van der Waals surface area contributed by atoms with E-state index in [9.17, 15) is 9.59 Å². The molecule has 1 heterocycles. The minimum absolute atomic E-state index is 0.0921. The van der Waals surface area contributed by atoms with Gasteiger partial charge in [-0.25, -0.2) is 0 Å². The Labute approximate surface area is 115 Å². The maximum absolute atomic E-state index is 12.6. The van der Waals surface area contributed by atoms with Gasteiger partial charge in [0.15, 0.2) is 0 Å². The number of amides is 2. The van der Waals surface area contributed by atoms with E-state index >= 15 is 0 Å². The quantitative estimate of drug-likeness (QED) is 0.761. The zero-order valence-corrected chi connectivity index (χ0v) is 11.9. The van der Waals surface area contributed by atoms with Crippen molar-refractivity contribution in [1.29, 1.82) is 0 Å². The molecule has 2 aliphatic rings. The highest BCUT2D eigenvalue weighted by atomic mass is 16.2. The van der Waals surface area contributed by atoms with Crippen molar-refractivity contribution in [2.75, 3.05) is 26.2 Å². The molecule has 0 aromatic heterocycles. The number of rotatable bonds is 1. The molecule has 5 nitrogen and oxygen atoms in total. The molecule has 2 N–H and O–H groups in total. The highest BCUT2D eigenvalue weighted by molar-refractivity contribution is 5.86. The van der Waals surface area contributed by atoms with Crippen LogP contribution in [0.2, 0.25) is 0 Å². The Balaban J connectivity index is 1.97. The summed E-state index contributed by atoms with van der Waals surface area (Å²) in [5.74, 6) is 0.187. The molecule has 1 aliphatic carbocycles. The van der Waals surface area contributed by atoms with Gasteiger partial charge in [-0.05, 0) is 19.3 Å². The summed E-state index contributed by atoms with van der Waals surface area (Å²) in [4.78, 5) is 27.7. The van der Waals surface area contributed by atoms with Crippen molar-refractivity contribution in [2.24, 2.45) is 5.73 Å². The molecular formula is C14H25N3O2. The zero-order valence-electron chi connectivity index (χ0n) is 11.9. The summed E-state index contributed by atoms with van der Waals surface area (Å²) in [6, 6.07) is 0. The highest BCUT2D eigenvalue weighted by Crippen LogP contribution is 2.28. The molecule has 0 aromatic carbocycles. The second-order valence-electron chi connectivity index (χ2n) is 5.87. The lowest BCUT2D eigenvalue weighted by Gasteiger charge is -2.36. The fourth-order valence-electron chi connectivity index (χ4n) is 3.15. The van der Waals surface area contributed by atoms with Gasteiger partial charge in [-0.15, -0.1) is 0 Å². The van der Waals surface area contributed by atoms with Gasteiger partial charge in [0.1, 0.15) is 0 Å². The first-order chi connectivity index (χ1) is 9.03. The predicted octanol–water partition coefficient (Wildman–Crippen LogP) is 0.729. The van der Waals surface area contributed by atoms with Crippen molar-refractivity contribution in [3.63, 3.8) is 0 Å². The lowest BCUT2D eigenvalue weighted by molar-refractivity contribution is -0.138. The molecule has 1 saturated carbocycles. The molecule has 5 heteroatoms. The molecule has 0 unspecified atom stereocenters. The maximum Gasteiger partial charge on any atom is 0.242 e. The van der Waals surface area contributed by atoms with Crippen LogP contribution in [0.5, 0.6) is 0 Å². The van der Waals surface area contributed by atoms with Gasteiger partial charge < -0.3 is 15.5 Å². The van der Waals surface area contributed by atoms with Gasteiger partial charge in [-0.2, -0.15) is 0 Å². The van der Waals surface area contributed by atoms with Crippen molar-refractivity contribution in [3.05, 3.63) is 0 Å². The fraction of sp³-hybridized carbons (Fsp3) is 0.857. The molecule has 2 amide bonds. The van der Waals surface area contributed by atoms with Crippen molar-refractivity contribution in [2.45, 2.75) is 51.0 Å². The third-order valence-corrected chi connectivity index (χ3v) is 4.40. The van der Waals surface area contributed by atoms with Crippen molar-refractivity contribution in [1.82, 2.24) is 9.80 Å². The third kappa shape index (κ3) is 3.26. The Kier molecular flexibility index (Phi) is 4.45. The van der Waals surface area contributed by atoms with Crippen molar-refractivity contribution >= 4 is 11.8 Å². The molecule has 0 bridgehead atoms. The Morgan fingerprint density at radius 2 is 1.47 bits per heavy atom. The number of nitrogens with two attached hydrogens (primary N) is 1. The van der Waals surface area contributed by atoms with Gasteiger partial charge in [0.05, 0.1) is 5.54 Å². The van der Waals surface area contributed by atoms with Crippen LogP contribution in [0, 0.1) is 0 Å². The van der Waals surface area contributed by atoms with Gasteiger partial charge in [-0.1, -0.05) is 19.3 Å². The average Bonchev–Trinajstić information content (AvgIpc) is 2.64. The zero-order chi connectivity index (χ0) is 13.9. The smallest absolute Gasteiger partial charge is 0.242 e. The van der Waals surface area contributed by atoms with E-state index in [-0.39, 0.29) is 11.8 Å². The molecule has 1 saturated heterocycles. The number of hydrogen-bond acceptors (Lipinski definition) is 3. The Hall–Kier alpha value is -1.10. The summed E-state index contributed by atoms with van der Waals surface area (Å²) in [5.41, 5.74) is 5.66. The first-order valence-electron chi connectivity index (χ1n) is 7.37. The monoisotopic (exact) mass is 267 g/mol. The Bertz CT molecular complexity index is 351. The van der Waals surface area contributed by atoms with Gasteiger partial charge in [0.25, 0.3) is 0 Å². The van der Waals surface area contributed by atoms with Crippen LogP contribution in [0.15, 0.2) is 0 Å². The van der Waals surface area contributed by atoms with Crippen LogP contribution >= 0.6 is 0 Å². The first-order valence-corrected chi connectivity index (χ1v) is 7.37. The van der Waals surface area contributed by atoms with E-state index in [1.165, 1.54) is 6.42 Å². The average molecular weight is 267 g/mol. The molecule has 0 aromatic rings. The van der Waals surface area contributed by atoms with Gasteiger partial charge in [0.2, 0.25) is 11.8 Å². The first kappa shape index (κ1) is 14.3. The molecule has 0 radical (unpaired) electrons. The third-order valence-electron chi connectivity index (χ3n) is 4.40. The van der Waals surface area contributed by atoms with Crippen LogP contribution in [0.3, 0.4) is 0 Å². The van der Waals surface area contributed by atoms with Gasteiger partial charge in [0, 0.05) is 33.1 Å². The van der Waals surface area contributed by atoms with E-state index in [0.29, 0.717) is 13.1 Å². The predicted molar refractivity (Wildman–Crippen MR) is 73.5 cm³/mol. The van der Waals surface area contributed by atoms with Gasteiger partial charge in [-0.3, -0.25) is 9.59 Å². The number of hydrogen-bond donors (Lipinski definition) is 1.